The van der Waals surface area contributed by atoms with Gasteiger partial charge in [-0.15, -0.1) is 0 Å². The second-order valence-corrected chi connectivity index (χ2v) is 8.83. The van der Waals surface area contributed by atoms with E-state index in [-0.39, 0.29) is 24.3 Å². The number of ether oxygens (including phenoxy) is 3. The number of methoxy groups -OCH3 is 2. The molecule has 2 aliphatic rings. The second-order valence-electron chi connectivity index (χ2n) is 8.83. The fraction of sp³-hybridized carbons (Fsp3) is 0.714. The zero-order chi connectivity index (χ0) is 20.6. The van der Waals surface area contributed by atoms with Crippen LogP contribution in [-0.2, 0) is 27.2 Å². The third-order valence-electron chi connectivity index (χ3n) is 5.37. The van der Waals surface area contributed by atoms with Gasteiger partial charge in [-0.3, -0.25) is 0 Å². The summed E-state index contributed by atoms with van der Waals surface area (Å²) in [6, 6.07) is 2.57. The first-order chi connectivity index (χ1) is 13.1. The highest BCUT2D eigenvalue weighted by atomic mass is 16.6. The monoisotopic (exact) mass is 391 g/mol. The molecule has 3 rings (SSSR count). The van der Waals surface area contributed by atoms with Crippen LogP contribution in [0.25, 0.3) is 0 Å². The summed E-state index contributed by atoms with van der Waals surface area (Å²) in [5, 5.41) is 0. The average Bonchev–Trinajstić information content (AvgIpc) is 2.96. The Kier molecular flexibility index (Phi) is 5.87. The van der Waals surface area contributed by atoms with Crippen molar-refractivity contribution < 1.29 is 19.0 Å². The highest BCUT2D eigenvalue weighted by Gasteiger charge is 2.42. The molecule has 1 fully saturated rings. The third kappa shape index (κ3) is 4.10. The predicted molar refractivity (Wildman–Crippen MR) is 108 cm³/mol. The molecule has 1 aromatic heterocycles. The summed E-state index contributed by atoms with van der Waals surface area (Å²) in [4.78, 5) is 21.8. The number of aromatic nitrogens is 1. The second kappa shape index (κ2) is 7.87. The molecule has 0 aromatic carbocycles. The van der Waals surface area contributed by atoms with Gasteiger partial charge in [0, 0.05) is 38.9 Å². The average molecular weight is 392 g/mol. The van der Waals surface area contributed by atoms with E-state index in [1.165, 1.54) is 5.56 Å². The van der Waals surface area contributed by atoms with Crippen molar-refractivity contribution in [3.63, 3.8) is 0 Å². The number of fused-ring (bicyclic) bond motifs is 3. The topological polar surface area (TPSA) is 64.1 Å². The number of pyridine rings is 1. The zero-order valence-corrected chi connectivity index (χ0v) is 18.1. The molecule has 1 saturated heterocycles. The molecule has 3 atom stereocenters. The minimum absolute atomic E-state index is 0.104. The van der Waals surface area contributed by atoms with Crippen molar-refractivity contribution in [3.05, 3.63) is 22.9 Å². The number of anilines is 1. The van der Waals surface area contributed by atoms with Gasteiger partial charge in [-0.1, -0.05) is 0 Å². The lowest BCUT2D eigenvalue weighted by atomic mass is 10.0. The molecule has 156 valence electrons. The van der Waals surface area contributed by atoms with Gasteiger partial charge < -0.3 is 24.0 Å². The normalized spacial score (nSPS) is 22.7. The van der Waals surface area contributed by atoms with E-state index in [9.17, 15) is 4.79 Å². The Hall–Kier alpha value is -1.86. The van der Waals surface area contributed by atoms with Crippen LogP contribution in [0, 0.1) is 0 Å². The van der Waals surface area contributed by atoms with Gasteiger partial charge in [0.2, 0.25) is 0 Å². The van der Waals surface area contributed by atoms with E-state index in [1.54, 1.807) is 14.2 Å². The summed E-state index contributed by atoms with van der Waals surface area (Å²) in [5.74, 6) is 1.01. The standard InChI is InChI=1S/C21H33N3O4/c1-13-10-23(20(25)28-21(3,4)5)11-17-9-15-8-16(12-26-6)18(14(2)27-7)22-19(15)24(13)17/h8,13-14,17H,9-12H2,1-7H3/t13-,14+,17-/m1/s1. The molecule has 28 heavy (non-hydrogen) atoms. The smallest absolute Gasteiger partial charge is 0.410 e. The SMILES string of the molecule is COCc1cc2c(nc1[C@H](C)OC)N1[C@H](C2)CN(C(=O)OC(C)(C)C)C[C@H]1C. The fourth-order valence-electron chi connectivity index (χ4n) is 4.17. The molecule has 0 bridgehead atoms. The number of rotatable bonds is 4. The van der Waals surface area contributed by atoms with Crippen molar-refractivity contribution in [2.75, 3.05) is 32.2 Å². The van der Waals surface area contributed by atoms with E-state index in [0.29, 0.717) is 19.7 Å². The molecule has 0 saturated carbocycles. The summed E-state index contributed by atoms with van der Waals surface area (Å²) in [6.45, 7) is 11.6. The van der Waals surface area contributed by atoms with E-state index in [2.05, 4.69) is 17.9 Å². The Morgan fingerprint density at radius 1 is 1.32 bits per heavy atom. The van der Waals surface area contributed by atoms with E-state index >= 15 is 0 Å². The molecule has 2 aliphatic heterocycles. The van der Waals surface area contributed by atoms with Gasteiger partial charge in [-0.05, 0) is 52.7 Å². The van der Waals surface area contributed by atoms with Crippen LogP contribution in [0.2, 0.25) is 0 Å². The van der Waals surface area contributed by atoms with Crippen molar-refractivity contribution >= 4 is 11.9 Å². The quantitative estimate of drug-likeness (QED) is 0.785. The minimum atomic E-state index is -0.488. The van der Waals surface area contributed by atoms with Crippen LogP contribution in [0.4, 0.5) is 10.6 Å². The lowest BCUT2D eigenvalue weighted by molar-refractivity contribution is 0.0191. The van der Waals surface area contributed by atoms with Crippen LogP contribution >= 0.6 is 0 Å². The van der Waals surface area contributed by atoms with E-state index < -0.39 is 5.60 Å². The van der Waals surface area contributed by atoms with Gasteiger partial charge in [0.05, 0.1) is 24.4 Å². The van der Waals surface area contributed by atoms with Gasteiger partial charge in [-0.2, -0.15) is 0 Å². The summed E-state index contributed by atoms with van der Waals surface area (Å²) in [7, 11) is 3.39. The Bertz CT molecular complexity index is 731. The van der Waals surface area contributed by atoms with Gasteiger partial charge in [-0.25, -0.2) is 9.78 Å². The molecular weight excluding hydrogens is 358 g/mol. The molecular formula is C21H33N3O4. The third-order valence-corrected chi connectivity index (χ3v) is 5.37. The van der Waals surface area contributed by atoms with Crippen LogP contribution in [0.5, 0.6) is 0 Å². The molecule has 7 nitrogen and oxygen atoms in total. The van der Waals surface area contributed by atoms with Gasteiger partial charge in [0.25, 0.3) is 0 Å². The molecule has 1 amide bonds. The van der Waals surface area contributed by atoms with Crippen molar-refractivity contribution in [1.82, 2.24) is 9.88 Å². The summed E-state index contributed by atoms with van der Waals surface area (Å²) in [6.07, 6.45) is 0.522. The predicted octanol–water partition coefficient (Wildman–Crippen LogP) is 3.31. The summed E-state index contributed by atoms with van der Waals surface area (Å²) in [5.41, 5.74) is 2.71. The minimum Gasteiger partial charge on any atom is -0.444 e. The van der Waals surface area contributed by atoms with Crippen LogP contribution in [0.1, 0.15) is 57.5 Å². The Morgan fingerprint density at radius 3 is 2.64 bits per heavy atom. The van der Waals surface area contributed by atoms with Crippen molar-refractivity contribution in [2.45, 2.75) is 71.4 Å². The molecule has 0 N–H and O–H groups in total. The van der Waals surface area contributed by atoms with Crippen molar-refractivity contribution in [2.24, 2.45) is 0 Å². The molecule has 0 spiro atoms. The molecule has 0 radical (unpaired) electrons. The first kappa shape index (κ1) is 20.9. The maximum absolute atomic E-state index is 12.6. The maximum atomic E-state index is 12.6. The first-order valence-electron chi connectivity index (χ1n) is 9.95. The highest BCUT2D eigenvalue weighted by molar-refractivity contribution is 5.69. The van der Waals surface area contributed by atoms with Crippen LogP contribution in [0.3, 0.4) is 0 Å². The number of hydrogen-bond donors (Lipinski definition) is 0. The number of nitrogens with zero attached hydrogens (tertiary/aromatic N) is 3. The van der Waals surface area contributed by atoms with Crippen LogP contribution in [0.15, 0.2) is 6.07 Å². The van der Waals surface area contributed by atoms with Gasteiger partial charge in [0.1, 0.15) is 11.4 Å². The number of carbonyl (C=O) groups is 1. The number of piperazine rings is 1. The maximum Gasteiger partial charge on any atom is 0.410 e. The highest BCUT2D eigenvalue weighted by Crippen LogP contribution is 2.38. The van der Waals surface area contributed by atoms with Gasteiger partial charge in [0.15, 0.2) is 0 Å². The Balaban J connectivity index is 1.86. The van der Waals surface area contributed by atoms with Crippen LogP contribution in [-0.4, -0.2) is 61.0 Å². The molecule has 3 heterocycles. The number of carbonyl (C=O) groups excluding carboxylic acids is 1. The van der Waals surface area contributed by atoms with E-state index in [1.807, 2.05) is 32.6 Å². The van der Waals surface area contributed by atoms with Gasteiger partial charge >= 0.3 is 6.09 Å². The van der Waals surface area contributed by atoms with Crippen LogP contribution < -0.4 is 4.90 Å². The van der Waals surface area contributed by atoms with Crippen molar-refractivity contribution in [3.8, 4) is 0 Å². The molecule has 0 unspecified atom stereocenters. The fourth-order valence-corrected chi connectivity index (χ4v) is 4.17. The zero-order valence-electron chi connectivity index (χ0n) is 18.1. The van der Waals surface area contributed by atoms with E-state index in [4.69, 9.17) is 19.2 Å². The lowest BCUT2D eigenvalue weighted by Gasteiger charge is -2.43. The largest absolute Gasteiger partial charge is 0.444 e. The molecule has 7 heteroatoms. The Morgan fingerprint density at radius 2 is 2.04 bits per heavy atom. The number of amides is 1. The molecule has 0 aliphatic carbocycles. The number of hydrogen-bond acceptors (Lipinski definition) is 6. The lowest BCUT2D eigenvalue weighted by Crippen LogP contribution is -2.58. The summed E-state index contributed by atoms with van der Waals surface area (Å²) < 4.78 is 16.5. The first-order valence-corrected chi connectivity index (χ1v) is 9.95. The van der Waals surface area contributed by atoms with Crippen molar-refractivity contribution in [1.29, 1.82) is 0 Å². The Labute approximate surface area is 168 Å². The van der Waals surface area contributed by atoms with E-state index in [0.717, 1.165) is 23.5 Å². The summed E-state index contributed by atoms with van der Waals surface area (Å²) >= 11 is 0. The molecule has 1 aromatic rings.